The first-order valence-corrected chi connectivity index (χ1v) is 16.2. The summed E-state index contributed by atoms with van der Waals surface area (Å²) in [7, 11) is -4.17. The molecule has 0 aromatic heterocycles. The molecule has 4 aromatic carbocycles. The van der Waals surface area contributed by atoms with E-state index in [4.69, 9.17) is 16.3 Å². The van der Waals surface area contributed by atoms with Crippen molar-refractivity contribution in [3.63, 3.8) is 0 Å². The number of ether oxygens (including phenoxy) is 1. The highest BCUT2D eigenvalue weighted by atomic mass is 35.5. The van der Waals surface area contributed by atoms with Gasteiger partial charge in [0, 0.05) is 17.6 Å². The Morgan fingerprint density at radius 1 is 0.818 bits per heavy atom. The Bertz CT molecular complexity index is 1630. The smallest absolute Gasteiger partial charge is 0.264 e. The van der Waals surface area contributed by atoms with Gasteiger partial charge in [-0.2, -0.15) is 0 Å². The first-order chi connectivity index (χ1) is 21.1. The second kappa shape index (κ2) is 14.9. The van der Waals surface area contributed by atoms with Crippen LogP contribution < -0.4 is 14.4 Å². The lowest BCUT2D eigenvalue weighted by molar-refractivity contribution is -0.139. The number of halogens is 1. The van der Waals surface area contributed by atoms with Crippen LogP contribution in [-0.4, -0.2) is 43.8 Å². The molecule has 0 aliphatic heterocycles. The van der Waals surface area contributed by atoms with Gasteiger partial charge in [0.05, 0.1) is 10.6 Å². The molecular weight excluding hydrogens is 598 g/mol. The summed E-state index contributed by atoms with van der Waals surface area (Å²) in [6.07, 6.45) is 0.719. The number of nitrogens with one attached hydrogen (secondary N) is 1. The van der Waals surface area contributed by atoms with Gasteiger partial charge < -0.3 is 15.0 Å². The van der Waals surface area contributed by atoms with Gasteiger partial charge in [-0.15, -0.1) is 0 Å². The highest BCUT2D eigenvalue weighted by Crippen LogP contribution is 2.28. The third kappa shape index (κ3) is 8.39. The Morgan fingerprint density at radius 3 is 1.98 bits per heavy atom. The van der Waals surface area contributed by atoms with Crippen molar-refractivity contribution in [2.75, 3.05) is 10.8 Å². The van der Waals surface area contributed by atoms with Crippen LogP contribution in [0.3, 0.4) is 0 Å². The quantitative estimate of drug-likeness (QED) is 0.178. The Labute approximate surface area is 264 Å². The molecule has 8 nitrogen and oxygen atoms in total. The number of rotatable bonds is 13. The predicted molar refractivity (Wildman–Crippen MR) is 173 cm³/mol. The van der Waals surface area contributed by atoms with Gasteiger partial charge in [0.2, 0.25) is 11.8 Å². The molecule has 0 spiro atoms. The van der Waals surface area contributed by atoms with Crippen molar-refractivity contribution in [3.8, 4) is 11.5 Å². The zero-order valence-corrected chi connectivity index (χ0v) is 26.5. The van der Waals surface area contributed by atoms with E-state index in [9.17, 15) is 18.0 Å². The van der Waals surface area contributed by atoms with Crippen LogP contribution in [0.25, 0.3) is 0 Å². The Hall–Kier alpha value is -4.34. The van der Waals surface area contributed by atoms with Crippen LogP contribution in [0.1, 0.15) is 32.8 Å². The normalized spacial score (nSPS) is 12.5. The minimum atomic E-state index is -4.17. The first-order valence-electron chi connectivity index (χ1n) is 14.3. The summed E-state index contributed by atoms with van der Waals surface area (Å²) in [6, 6.07) is 29.6. The summed E-state index contributed by atoms with van der Waals surface area (Å²) in [5, 5.41) is 3.46. The Balaban J connectivity index is 1.68. The summed E-state index contributed by atoms with van der Waals surface area (Å²) < 4.78 is 34.9. The molecule has 0 saturated heterocycles. The molecule has 0 aliphatic carbocycles. The second-order valence-corrected chi connectivity index (χ2v) is 12.7. The summed E-state index contributed by atoms with van der Waals surface area (Å²) >= 11 is 6.07. The molecule has 4 aromatic rings. The molecule has 4 rings (SSSR count). The van der Waals surface area contributed by atoms with Gasteiger partial charge in [-0.3, -0.25) is 13.9 Å². The molecule has 10 heteroatoms. The lowest BCUT2D eigenvalue weighted by Gasteiger charge is -2.32. The van der Waals surface area contributed by atoms with E-state index in [0.29, 0.717) is 16.5 Å². The van der Waals surface area contributed by atoms with Crippen molar-refractivity contribution in [1.29, 1.82) is 0 Å². The fourth-order valence-corrected chi connectivity index (χ4v) is 5.95. The number of hydrogen-bond acceptors (Lipinski definition) is 5. The summed E-state index contributed by atoms with van der Waals surface area (Å²) in [5.74, 6) is 0.257. The van der Waals surface area contributed by atoms with E-state index in [1.54, 1.807) is 73.7 Å². The Kier molecular flexibility index (Phi) is 11.0. The average Bonchev–Trinajstić information content (AvgIpc) is 3.04. The van der Waals surface area contributed by atoms with Crippen LogP contribution in [0.5, 0.6) is 11.5 Å². The van der Waals surface area contributed by atoms with E-state index in [1.807, 2.05) is 44.2 Å². The highest BCUT2D eigenvalue weighted by Gasteiger charge is 2.32. The van der Waals surface area contributed by atoms with Gasteiger partial charge in [-0.25, -0.2) is 8.42 Å². The number of para-hydroxylation sites is 1. The molecule has 0 fully saturated rings. The van der Waals surface area contributed by atoms with Gasteiger partial charge in [-0.05, 0) is 86.5 Å². The maximum absolute atomic E-state index is 14.1. The number of carbonyl (C=O) groups excluding carboxylic acids is 2. The number of amides is 2. The molecule has 2 unspecified atom stereocenters. The van der Waals surface area contributed by atoms with Gasteiger partial charge in [0.1, 0.15) is 24.1 Å². The van der Waals surface area contributed by atoms with E-state index in [0.717, 1.165) is 16.3 Å². The third-order valence-electron chi connectivity index (χ3n) is 7.15. The molecule has 1 N–H and O–H groups in total. The molecule has 230 valence electrons. The van der Waals surface area contributed by atoms with Gasteiger partial charge in [0.25, 0.3) is 10.0 Å². The van der Waals surface area contributed by atoms with Crippen LogP contribution in [0.4, 0.5) is 5.69 Å². The van der Waals surface area contributed by atoms with E-state index in [2.05, 4.69) is 5.32 Å². The van der Waals surface area contributed by atoms with Crippen LogP contribution in [0.2, 0.25) is 5.02 Å². The largest absolute Gasteiger partial charge is 0.457 e. The minimum Gasteiger partial charge on any atom is -0.457 e. The predicted octanol–water partition coefficient (Wildman–Crippen LogP) is 6.66. The molecular formula is C34H36ClN3O5S. The summed E-state index contributed by atoms with van der Waals surface area (Å²) in [4.78, 5) is 28.7. The molecule has 0 aliphatic rings. The number of sulfonamides is 1. The topological polar surface area (TPSA) is 96.0 Å². The monoisotopic (exact) mass is 633 g/mol. The van der Waals surface area contributed by atoms with E-state index in [1.165, 1.54) is 17.0 Å². The average molecular weight is 634 g/mol. The van der Waals surface area contributed by atoms with Gasteiger partial charge in [0.15, 0.2) is 0 Å². The van der Waals surface area contributed by atoms with Crippen LogP contribution >= 0.6 is 11.6 Å². The number of anilines is 1. The standard InChI is InChI=1S/C34H36ClN3O5S/c1-4-25(2)36-34(40)26(3)37(23-27-15-17-28(35)18-16-27)33(39)24-38(44(41,42)32-13-9-6-10-14-32)29-19-21-31(22-20-29)43-30-11-7-5-8-12-30/h5-22,25-26H,4,23-24H2,1-3H3,(H,36,40). The van der Waals surface area contributed by atoms with Crippen LogP contribution in [0.15, 0.2) is 114 Å². The summed E-state index contributed by atoms with van der Waals surface area (Å²) in [6.45, 7) is 5.01. The second-order valence-electron chi connectivity index (χ2n) is 10.4. The Morgan fingerprint density at radius 2 is 1.39 bits per heavy atom. The minimum absolute atomic E-state index is 0.0317. The van der Waals surface area contributed by atoms with Crippen molar-refractivity contribution in [2.24, 2.45) is 0 Å². The molecule has 0 radical (unpaired) electrons. The molecule has 0 bridgehead atoms. The fraction of sp³-hybridized carbons (Fsp3) is 0.235. The maximum atomic E-state index is 14.1. The van der Waals surface area contributed by atoms with E-state index < -0.39 is 28.5 Å². The lowest BCUT2D eigenvalue weighted by Crippen LogP contribution is -2.52. The van der Waals surface area contributed by atoms with Gasteiger partial charge >= 0.3 is 0 Å². The molecule has 44 heavy (non-hydrogen) atoms. The number of benzene rings is 4. The highest BCUT2D eigenvalue weighted by molar-refractivity contribution is 7.92. The SMILES string of the molecule is CCC(C)NC(=O)C(C)N(Cc1ccc(Cl)cc1)C(=O)CN(c1ccc(Oc2ccccc2)cc1)S(=O)(=O)c1ccccc1. The van der Waals surface area contributed by atoms with Crippen LogP contribution in [0, 0.1) is 0 Å². The first kappa shape index (κ1) is 32.6. The zero-order chi connectivity index (χ0) is 31.7. The number of carbonyl (C=O) groups is 2. The zero-order valence-electron chi connectivity index (χ0n) is 24.9. The number of hydrogen-bond donors (Lipinski definition) is 1. The van der Waals surface area contributed by atoms with Crippen molar-refractivity contribution in [3.05, 3.63) is 120 Å². The van der Waals surface area contributed by atoms with E-state index >= 15 is 0 Å². The third-order valence-corrected chi connectivity index (χ3v) is 9.19. The van der Waals surface area contributed by atoms with E-state index in [-0.39, 0.29) is 29.1 Å². The van der Waals surface area contributed by atoms with Crippen molar-refractivity contribution >= 4 is 39.1 Å². The van der Waals surface area contributed by atoms with Gasteiger partial charge in [-0.1, -0.05) is 67.1 Å². The fourth-order valence-electron chi connectivity index (χ4n) is 4.39. The van der Waals surface area contributed by atoms with Crippen molar-refractivity contribution in [1.82, 2.24) is 10.2 Å². The summed E-state index contributed by atoms with van der Waals surface area (Å²) in [5.41, 5.74) is 1.01. The lowest BCUT2D eigenvalue weighted by atomic mass is 10.1. The molecule has 0 heterocycles. The van der Waals surface area contributed by atoms with Crippen molar-refractivity contribution in [2.45, 2.75) is 50.7 Å². The number of nitrogens with zero attached hydrogens (tertiary/aromatic N) is 2. The molecule has 0 saturated carbocycles. The van der Waals surface area contributed by atoms with Crippen molar-refractivity contribution < 1.29 is 22.7 Å². The molecule has 2 amide bonds. The molecule has 2 atom stereocenters. The van der Waals surface area contributed by atoms with Crippen LogP contribution in [-0.2, 0) is 26.2 Å². The maximum Gasteiger partial charge on any atom is 0.264 e.